The maximum absolute atomic E-state index is 12.9. The van der Waals surface area contributed by atoms with E-state index in [9.17, 15) is 14.4 Å². The number of fused-ring (bicyclic) bond motifs is 1. The van der Waals surface area contributed by atoms with Crippen LogP contribution in [0.1, 0.15) is 52.8 Å². The molecule has 4 amide bonds. The first kappa shape index (κ1) is 20.2. The second-order valence-corrected chi connectivity index (χ2v) is 7.87. The van der Waals surface area contributed by atoms with Crippen molar-refractivity contribution in [3.05, 3.63) is 52.5 Å². The Balaban J connectivity index is 1.47. The Kier molecular flexibility index (Phi) is 5.63. The maximum Gasteiger partial charge on any atom is 0.323 e. The van der Waals surface area contributed by atoms with E-state index in [1.807, 2.05) is 0 Å². The van der Waals surface area contributed by atoms with E-state index in [1.54, 1.807) is 36.4 Å². The molecule has 0 atom stereocenters. The van der Waals surface area contributed by atoms with Gasteiger partial charge in [-0.15, -0.1) is 0 Å². The van der Waals surface area contributed by atoms with Gasteiger partial charge in [0.25, 0.3) is 11.8 Å². The molecule has 2 aromatic rings. The molecule has 0 saturated heterocycles. The number of halogens is 1. The Hall–Kier alpha value is -3.06. The Bertz CT molecular complexity index is 1020. The van der Waals surface area contributed by atoms with E-state index < -0.39 is 6.03 Å². The lowest BCUT2D eigenvalue weighted by molar-refractivity contribution is 0.0549. The van der Waals surface area contributed by atoms with Crippen molar-refractivity contribution >= 4 is 40.8 Å². The average molecular weight is 428 g/mol. The fraction of sp³-hybridized carbons (Fsp3) is 0.318. The molecule has 1 aliphatic heterocycles. The number of methoxy groups -OCH3 is 1. The third kappa shape index (κ3) is 3.85. The first-order valence-corrected chi connectivity index (χ1v) is 10.3. The number of ether oxygens (including phenoxy) is 1. The van der Waals surface area contributed by atoms with Crippen LogP contribution in [0.3, 0.4) is 0 Å². The predicted octanol–water partition coefficient (Wildman–Crippen LogP) is 4.92. The molecule has 0 bridgehead atoms. The van der Waals surface area contributed by atoms with Crippen LogP contribution in [0.4, 0.5) is 16.2 Å². The lowest BCUT2D eigenvalue weighted by Gasteiger charge is -2.29. The number of rotatable bonds is 4. The molecule has 1 saturated carbocycles. The summed E-state index contributed by atoms with van der Waals surface area (Å²) in [6.07, 6.45) is 4.90. The Morgan fingerprint density at radius 2 is 1.60 bits per heavy atom. The predicted molar refractivity (Wildman–Crippen MR) is 114 cm³/mol. The first-order valence-electron chi connectivity index (χ1n) is 9.91. The van der Waals surface area contributed by atoms with Crippen LogP contribution in [0.5, 0.6) is 5.75 Å². The van der Waals surface area contributed by atoms with Crippen LogP contribution in [0.25, 0.3) is 0 Å². The number of hydrogen-bond acceptors (Lipinski definition) is 4. The molecule has 1 heterocycles. The van der Waals surface area contributed by atoms with Crippen LogP contribution in [0, 0.1) is 0 Å². The largest absolute Gasteiger partial charge is 0.495 e. The molecule has 0 unspecified atom stereocenters. The number of nitrogens with one attached hydrogen (secondary N) is 2. The number of carbonyl (C=O) groups is 3. The van der Waals surface area contributed by atoms with Crippen LogP contribution in [0.2, 0.25) is 5.02 Å². The number of hydrogen-bond donors (Lipinski definition) is 2. The Morgan fingerprint density at radius 1 is 0.967 bits per heavy atom. The topological polar surface area (TPSA) is 87.7 Å². The number of nitrogens with zero attached hydrogens (tertiary/aromatic N) is 1. The Morgan fingerprint density at radius 3 is 2.27 bits per heavy atom. The first-order chi connectivity index (χ1) is 14.5. The van der Waals surface area contributed by atoms with E-state index in [4.69, 9.17) is 16.3 Å². The molecule has 1 fully saturated rings. The number of anilines is 2. The van der Waals surface area contributed by atoms with Gasteiger partial charge in [0, 0.05) is 17.4 Å². The highest BCUT2D eigenvalue weighted by Gasteiger charge is 2.40. The molecule has 4 rings (SSSR count). The minimum Gasteiger partial charge on any atom is -0.495 e. The highest BCUT2D eigenvalue weighted by Crippen LogP contribution is 2.32. The molecule has 0 spiro atoms. The van der Waals surface area contributed by atoms with E-state index in [-0.39, 0.29) is 17.9 Å². The molecular formula is C22H22ClN3O4. The van der Waals surface area contributed by atoms with Crippen molar-refractivity contribution in [3.63, 3.8) is 0 Å². The summed E-state index contributed by atoms with van der Waals surface area (Å²) < 4.78 is 5.09. The molecule has 2 aromatic carbocycles. The molecule has 2 aliphatic rings. The fourth-order valence-corrected chi connectivity index (χ4v) is 4.30. The van der Waals surface area contributed by atoms with Crippen molar-refractivity contribution in [2.24, 2.45) is 0 Å². The fourth-order valence-electron chi connectivity index (χ4n) is 4.05. The molecular weight excluding hydrogens is 406 g/mol. The Labute approximate surface area is 179 Å². The van der Waals surface area contributed by atoms with Gasteiger partial charge in [-0.25, -0.2) is 4.79 Å². The van der Waals surface area contributed by atoms with Crippen LogP contribution in [0.15, 0.2) is 36.4 Å². The van der Waals surface area contributed by atoms with E-state index in [0.717, 1.165) is 32.1 Å². The summed E-state index contributed by atoms with van der Waals surface area (Å²) in [4.78, 5) is 39.4. The van der Waals surface area contributed by atoms with Crippen LogP contribution < -0.4 is 15.4 Å². The summed E-state index contributed by atoms with van der Waals surface area (Å²) in [6, 6.07) is 9.14. The van der Waals surface area contributed by atoms with Gasteiger partial charge in [0.2, 0.25) is 0 Å². The van der Waals surface area contributed by atoms with Crippen LogP contribution in [-0.2, 0) is 0 Å². The van der Waals surface area contributed by atoms with Crippen molar-refractivity contribution in [3.8, 4) is 5.75 Å². The quantitative estimate of drug-likeness (QED) is 0.678. The van der Waals surface area contributed by atoms with Crippen molar-refractivity contribution < 1.29 is 19.1 Å². The molecule has 0 aromatic heterocycles. The lowest BCUT2D eigenvalue weighted by Crippen LogP contribution is -2.40. The number of urea groups is 1. The van der Waals surface area contributed by atoms with Crippen molar-refractivity contribution in [2.75, 3.05) is 17.7 Å². The maximum atomic E-state index is 12.9. The minimum atomic E-state index is -0.489. The second kappa shape index (κ2) is 8.36. The van der Waals surface area contributed by atoms with Gasteiger partial charge in [-0.1, -0.05) is 30.9 Å². The number of carbonyl (C=O) groups excluding carboxylic acids is 3. The molecule has 2 N–H and O–H groups in total. The van der Waals surface area contributed by atoms with E-state index in [2.05, 4.69) is 10.6 Å². The van der Waals surface area contributed by atoms with Gasteiger partial charge in [0.05, 0.1) is 23.3 Å². The standard InChI is InChI=1S/C22H22ClN3O4/c1-30-19-10-8-14(12-18(19)23)25-22(29)24-13-7-9-16-17(11-13)21(28)26(20(16)27)15-5-3-2-4-6-15/h7-12,15H,2-6H2,1H3,(H2,24,25,29). The molecule has 7 nitrogen and oxygen atoms in total. The monoisotopic (exact) mass is 427 g/mol. The second-order valence-electron chi connectivity index (χ2n) is 7.46. The molecule has 8 heteroatoms. The van der Waals surface area contributed by atoms with Gasteiger partial charge in [-0.2, -0.15) is 0 Å². The highest BCUT2D eigenvalue weighted by atomic mass is 35.5. The van der Waals surface area contributed by atoms with Crippen molar-refractivity contribution in [1.29, 1.82) is 0 Å². The normalized spacial score (nSPS) is 16.4. The van der Waals surface area contributed by atoms with Crippen molar-refractivity contribution in [1.82, 2.24) is 4.90 Å². The van der Waals surface area contributed by atoms with E-state index in [1.165, 1.54) is 12.0 Å². The minimum absolute atomic E-state index is 0.0364. The summed E-state index contributed by atoms with van der Waals surface area (Å²) in [7, 11) is 1.51. The summed E-state index contributed by atoms with van der Waals surface area (Å²) in [5.41, 5.74) is 1.64. The van der Waals surface area contributed by atoms with Gasteiger partial charge in [0.15, 0.2) is 0 Å². The van der Waals surface area contributed by atoms with Crippen molar-refractivity contribution in [2.45, 2.75) is 38.1 Å². The van der Waals surface area contributed by atoms with Gasteiger partial charge >= 0.3 is 6.03 Å². The molecule has 0 radical (unpaired) electrons. The zero-order valence-electron chi connectivity index (χ0n) is 16.5. The summed E-state index contributed by atoms with van der Waals surface area (Å²) in [5, 5.41) is 5.74. The zero-order valence-corrected chi connectivity index (χ0v) is 17.3. The molecule has 156 valence electrons. The van der Waals surface area contributed by atoms with E-state index in [0.29, 0.717) is 33.3 Å². The number of amides is 4. The molecule has 30 heavy (non-hydrogen) atoms. The van der Waals surface area contributed by atoms with Gasteiger partial charge < -0.3 is 15.4 Å². The molecule has 1 aliphatic carbocycles. The third-order valence-corrected chi connectivity index (χ3v) is 5.82. The number of imide groups is 1. The van der Waals surface area contributed by atoms with Crippen LogP contribution >= 0.6 is 11.6 Å². The summed E-state index contributed by atoms with van der Waals surface area (Å²) in [5.74, 6) is -0.0226. The SMILES string of the molecule is COc1ccc(NC(=O)Nc2ccc3c(c2)C(=O)N(C2CCCCC2)C3=O)cc1Cl. The highest BCUT2D eigenvalue weighted by molar-refractivity contribution is 6.32. The van der Waals surface area contributed by atoms with E-state index >= 15 is 0 Å². The summed E-state index contributed by atoms with van der Waals surface area (Å²) in [6.45, 7) is 0. The summed E-state index contributed by atoms with van der Waals surface area (Å²) >= 11 is 6.07. The third-order valence-electron chi connectivity index (χ3n) is 5.53. The zero-order chi connectivity index (χ0) is 21.3. The van der Waals surface area contributed by atoms with Gasteiger partial charge in [0.1, 0.15) is 5.75 Å². The lowest BCUT2D eigenvalue weighted by atomic mass is 9.94. The van der Waals surface area contributed by atoms with Gasteiger partial charge in [-0.05, 0) is 49.2 Å². The average Bonchev–Trinajstić information content (AvgIpc) is 2.98. The van der Waals surface area contributed by atoms with Crippen LogP contribution in [-0.4, -0.2) is 35.9 Å². The smallest absolute Gasteiger partial charge is 0.323 e. The van der Waals surface area contributed by atoms with Gasteiger partial charge in [-0.3, -0.25) is 14.5 Å². The number of benzene rings is 2.